The minimum atomic E-state index is 0.802. The second-order valence-corrected chi connectivity index (χ2v) is 5.45. The summed E-state index contributed by atoms with van der Waals surface area (Å²) in [5.74, 6) is 0. The maximum atomic E-state index is 5.85. The highest BCUT2D eigenvalue weighted by atomic mass is 79.9. The lowest BCUT2D eigenvalue weighted by atomic mass is 10.1. The number of nitrogens with zero attached hydrogens (tertiary/aromatic N) is 1. The third-order valence-corrected chi connectivity index (χ3v) is 3.45. The van der Waals surface area contributed by atoms with Crippen LogP contribution in [0.25, 0.3) is 0 Å². The van der Waals surface area contributed by atoms with Gasteiger partial charge in [0.25, 0.3) is 0 Å². The molecule has 0 bridgehead atoms. The SMILES string of the molecule is Cc1ccc(N)cc1N(C)Cc1cccc(Br)c1. The van der Waals surface area contributed by atoms with Crippen molar-refractivity contribution in [1.82, 2.24) is 0 Å². The second-order valence-electron chi connectivity index (χ2n) is 4.53. The molecule has 0 aromatic heterocycles. The highest BCUT2D eigenvalue weighted by Gasteiger charge is 2.06. The maximum Gasteiger partial charge on any atom is 0.0426 e. The summed E-state index contributed by atoms with van der Waals surface area (Å²) in [5, 5.41) is 0. The summed E-state index contributed by atoms with van der Waals surface area (Å²) in [6, 6.07) is 14.4. The number of nitrogens with two attached hydrogens (primary N) is 1. The Kier molecular flexibility index (Phi) is 3.92. The van der Waals surface area contributed by atoms with Crippen molar-refractivity contribution in [2.45, 2.75) is 13.5 Å². The zero-order valence-corrected chi connectivity index (χ0v) is 12.2. The second kappa shape index (κ2) is 5.44. The molecule has 0 heterocycles. The number of aryl methyl sites for hydroxylation is 1. The molecule has 2 rings (SSSR count). The molecule has 0 aliphatic heterocycles. The van der Waals surface area contributed by atoms with Crippen LogP contribution in [0.15, 0.2) is 46.9 Å². The number of nitrogen functional groups attached to an aromatic ring is 1. The van der Waals surface area contributed by atoms with Crippen molar-refractivity contribution in [2.24, 2.45) is 0 Å². The maximum absolute atomic E-state index is 5.85. The number of halogens is 1. The standard InChI is InChI=1S/C15H17BrN2/c1-11-6-7-14(17)9-15(11)18(2)10-12-4-3-5-13(16)8-12/h3-9H,10,17H2,1-2H3. The number of rotatable bonds is 3. The molecule has 94 valence electrons. The molecular formula is C15H17BrN2. The lowest BCUT2D eigenvalue weighted by Crippen LogP contribution is -2.17. The van der Waals surface area contributed by atoms with Crippen molar-refractivity contribution >= 4 is 27.3 Å². The first-order chi connectivity index (χ1) is 8.56. The van der Waals surface area contributed by atoms with E-state index in [0.29, 0.717) is 0 Å². The molecule has 0 unspecified atom stereocenters. The lowest BCUT2D eigenvalue weighted by Gasteiger charge is -2.22. The molecule has 2 nitrogen and oxygen atoms in total. The summed E-state index contributed by atoms with van der Waals surface area (Å²) < 4.78 is 1.11. The fourth-order valence-corrected chi connectivity index (χ4v) is 2.48. The van der Waals surface area contributed by atoms with Gasteiger partial charge in [-0.15, -0.1) is 0 Å². The van der Waals surface area contributed by atoms with Crippen LogP contribution >= 0.6 is 15.9 Å². The summed E-state index contributed by atoms with van der Waals surface area (Å²) in [4.78, 5) is 2.22. The van der Waals surface area contributed by atoms with E-state index >= 15 is 0 Å². The number of benzene rings is 2. The van der Waals surface area contributed by atoms with Crippen LogP contribution in [0.2, 0.25) is 0 Å². The highest BCUT2D eigenvalue weighted by molar-refractivity contribution is 9.10. The van der Waals surface area contributed by atoms with Gasteiger partial charge in [0.05, 0.1) is 0 Å². The van der Waals surface area contributed by atoms with E-state index in [9.17, 15) is 0 Å². The largest absolute Gasteiger partial charge is 0.399 e. The molecule has 0 radical (unpaired) electrons. The molecule has 0 saturated heterocycles. The molecule has 0 amide bonds. The monoisotopic (exact) mass is 304 g/mol. The number of hydrogen-bond acceptors (Lipinski definition) is 2. The molecule has 2 aromatic rings. The molecule has 0 aliphatic carbocycles. The van der Waals surface area contributed by atoms with Crippen molar-refractivity contribution < 1.29 is 0 Å². The van der Waals surface area contributed by atoms with Gasteiger partial charge < -0.3 is 10.6 Å². The molecule has 3 heteroatoms. The minimum Gasteiger partial charge on any atom is -0.399 e. The van der Waals surface area contributed by atoms with Gasteiger partial charge in [0.2, 0.25) is 0 Å². The molecule has 0 fully saturated rings. The van der Waals surface area contributed by atoms with Crippen LogP contribution < -0.4 is 10.6 Å². The molecular weight excluding hydrogens is 288 g/mol. The highest BCUT2D eigenvalue weighted by Crippen LogP contribution is 2.23. The first-order valence-electron chi connectivity index (χ1n) is 5.88. The Hall–Kier alpha value is -1.48. The van der Waals surface area contributed by atoms with Crippen LogP contribution in [0.4, 0.5) is 11.4 Å². The average molecular weight is 305 g/mol. The molecule has 0 atom stereocenters. The Morgan fingerprint density at radius 2 is 1.94 bits per heavy atom. The summed E-state index contributed by atoms with van der Waals surface area (Å²) in [5.41, 5.74) is 10.3. The predicted octanol–water partition coefficient (Wildman–Crippen LogP) is 3.98. The third-order valence-electron chi connectivity index (χ3n) is 2.95. The van der Waals surface area contributed by atoms with E-state index in [1.165, 1.54) is 16.8 Å². The first-order valence-corrected chi connectivity index (χ1v) is 6.67. The number of hydrogen-bond donors (Lipinski definition) is 1. The van der Waals surface area contributed by atoms with Crippen molar-refractivity contribution in [3.8, 4) is 0 Å². The van der Waals surface area contributed by atoms with E-state index in [4.69, 9.17) is 5.73 Å². The van der Waals surface area contributed by atoms with E-state index < -0.39 is 0 Å². The fourth-order valence-electron chi connectivity index (χ4n) is 2.03. The molecule has 0 aliphatic rings. The number of anilines is 2. The van der Waals surface area contributed by atoms with Gasteiger partial charge >= 0.3 is 0 Å². The Morgan fingerprint density at radius 3 is 2.67 bits per heavy atom. The topological polar surface area (TPSA) is 29.3 Å². The quantitative estimate of drug-likeness (QED) is 0.869. The Balaban J connectivity index is 2.21. The Labute approximate surface area is 117 Å². The Bertz CT molecular complexity index is 552. The van der Waals surface area contributed by atoms with Gasteiger partial charge in [0.1, 0.15) is 0 Å². The van der Waals surface area contributed by atoms with Gasteiger partial charge in [-0.2, -0.15) is 0 Å². The van der Waals surface area contributed by atoms with Crippen molar-refractivity contribution in [2.75, 3.05) is 17.7 Å². The van der Waals surface area contributed by atoms with Gasteiger partial charge in [-0.05, 0) is 42.3 Å². The molecule has 2 aromatic carbocycles. The first kappa shape index (κ1) is 13.0. The van der Waals surface area contributed by atoms with E-state index in [2.05, 4.69) is 59.1 Å². The van der Waals surface area contributed by atoms with Gasteiger partial charge in [0, 0.05) is 29.4 Å². The smallest absolute Gasteiger partial charge is 0.0426 e. The van der Waals surface area contributed by atoms with E-state index in [1.807, 2.05) is 18.2 Å². The zero-order valence-electron chi connectivity index (χ0n) is 10.7. The summed E-state index contributed by atoms with van der Waals surface area (Å²) in [7, 11) is 2.09. The molecule has 0 spiro atoms. The van der Waals surface area contributed by atoms with Gasteiger partial charge in [-0.1, -0.05) is 34.1 Å². The van der Waals surface area contributed by atoms with Crippen molar-refractivity contribution in [3.05, 3.63) is 58.1 Å². The average Bonchev–Trinajstić information content (AvgIpc) is 2.32. The van der Waals surface area contributed by atoms with Crippen LogP contribution in [0.3, 0.4) is 0 Å². The molecule has 0 saturated carbocycles. The third kappa shape index (κ3) is 3.05. The van der Waals surface area contributed by atoms with E-state index in [0.717, 1.165) is 16.7 Å². The molecule has 18 heavy (non-hydrogen) atoms. The van der Waals surface area contributed by atoms with Crippen LogP contribution in [0.1, 0.15) is 11.1 Å². The normalized spacial score (nSPS) is 10.4. The summed E-state index contributed by atoms with van der Waals surface area (Å²) >= 11 is 3.50. The van der Waals surface area contributed by atoms with Crippen LogP contribution in [0, 0.1) is 6.92 Å². The van der Waals surface area contributed by atoms with Gasteiger partial charge in [-0.3, -0.25) is 0 Å². The van der Waals surface area contributed by atoms with E-state index in [1.54, 1.807) is 0 Å². The Morgan fingerprint density at radius 1 is 1.17 bits per heavy atom. The van der Waals surface area contributed by atoms with E-state index in [-0.39, 0.29) is 0 Å². The summed E-state index contributed by atoms with van der Waals surface area (Å²) in [6.07, 6.45) is 0. The van der Waals surface area contributed by atoms with Crippen molar-refractivity contribution in [1.29, 1.82) is 0 Å². The van der Waals surface area contributed by atoms with Crippen LogP contribution in [-0.4, -0.2) is 7.05 Å². The predicted molar refractivity (Wildman–Crippen MR) is 81.8 cm³/mol. The van der Waals surface area contributed by atoms with Crippen molar-refractivity contribution in [3.63, 3.8) is 0 Å². The van der Waals surface area contributed by atoms with Gasteiger partial charge in [-0.25, -0.2) is 0 Å². The van der Waals surface area contributed by atoms with Crippen LogP contribution in [0.5, 0.6) is 0 Å². The molecule has 2 N–H and O–H groups in total. The zero-order chi connectivity index (χ0) is 13.1. The summed E-state index contributed by atoms with van der Waals surface area (Å²) in [6.45, 7) is 2.97. The van der Waals surface area contributed by atoms with Crippen LogP contribution in [-0.2, 0) is 6.54 Å². The lowest BCUT2D eigenvalue weighted by molar-refractivity contribution is 0.917. The minimum absolute atomic E-state index is 0.802. The fraction of sp³-hybridized carbons (Fsp3) is 0.200. The van der Waals surface area contributed by atoms with Gasteiger partial charge in [0.15, 0.2) is 0 Å².